The van der Waals surface area contributed by atoms with Crippen molar-refractivity contribution >= 4 is 9.84 Å². The lowest BCUT2D eigenvalue weighted by atomic mass is 10.0. The minimum absolute atomic E-state index is 0.165. The number of hydrogen-bond donors (Lipinski definition) is 1. The molecule has 0 saturated heterocycles. The number of hydrogen-bond acceptors (Lipinski definition) is 3. The van der Waals surface area contributed by atoms with Gasteiger partial charge >= 0.3 is 0 Å². The first-order valence-electron chi connectivity index (χ1n) is 5.66. The Morgan fingerprint density at radius 2 is 1.88 bits per heavy atom. The number of sulfone groups is 1. The summed E-state index contributed by atoms with van der Waals surface area (Å²) in [4.78, 5) is 0. The molecule has 0 saturated carbocycles. The highest BCUT2D eigenvalue weighted by Gasteiger charge is 2.10. The summed E-state index contributed by atoms with van der Waals surface area (Å²) in [6.07, 6.45) is 1.12. The van der Waals surface area contributed by atoms with E-state index in [0.29, 0.717) is 12.8 Å². The minimum Gasteiger partial charge on any atom is -0.324 e. The molecule has 0 fully saturated rings. The summed E-state index contributed by atoms with van der Waals surface area (Å²) >= 11 is 0. The maximum absolute atomic E-state index is 12.7. The number of rotatable bonds is 6. The fraction of sp³-hybridized carbons (Fsp3) is 0.500. The third-order valence-electron chi connectivity index (χ3n) is 2.71. The molecule has 1 atom stereocenters. The molecule has 0 aromatic heterocycles. The van der Waals surface area contributed by atoms with Gasteiger partial charge in [0.1, 0.15) is 15.7 Å². The van der Waals surface area contributed by atoms with Gasteiger partial charge in [-0.05, 0) is 30.5 Å². The van der Waals surface area contributed by atoms with Gasteiger partial charge in [-0.3, -0.25) is 0 Å². The van der Waals surface area contributed by atoms with Gasteiger partial charge in [-0.2, -0.15) is 0 Å². The lowest BCUT2D eigenvalue weighted by Crippen LogP contribution is -2.14. The van der Waals surface area contributed by atoms with E-state index < -0.39 is 9.84 Å². The Morgan fingerprint density at radius 1 is 1.29 bits per heavy atom. The van der Waals surface area contributed by atoms with Crippen molar-refractivity contribution in [3.63, 3.8) is 0 Å². The highest BCUT2D eigenvalue weighted by atomic mass is 32.2. The molecular weight excluding hydrogens is 241 g/mol. The molecule has 1 aromatic carbocycles. The van der Waals surface area contributed by atoms with Gasteiger partial charge in [-0.25, -0.2) is 12.8 Å². The fourth-order valence-electron chi connectivity index (χ4n) is 1.54. The van der Waals surface area contributed by atoms with Crippen LogP contribution in [-0.4, -0.2) is 19.9 Å². The second-order valence-corrected chi connectivity index (χ2v) is 6.51. The maximum Gasteiger partial charge on any atom is 0.150 e. The van der Waals surface area contributed by atoms with Crippen molar-refractivity contribution < 1.29 is 12.8 Å². The SMILES string of the molecule is CCS(=O)(=O)CCCC(N)c1ccc(F)cc1. The van der Waals surface area contributed by atoms with E-state index >= 15 is 0 Å². The van der Waals surface area contributed by atoms with Crippen molar-refractivity contribution in [3.8, 4) is 0 Å². The zero-order valence-electron chi connectivity index (χ0n) is 9.90. The number of halogens is 1. The first kappa shape index (κ1) is 14.1. The molecule has 0 aliphatic heterocycles. The molecule has 17 heavy (non-hydrogen) atoms. The van der Waals surface area contributed by atoms with E-state index in [0.717, 1.165) is 5.56 Å². The van der Waals surface area contributed by atoms with Crippen LogP contribution in [0.2, 0.25) is 0 Å². The van der Waals surface area contributed by atoms with Crippen molar-refractivity contribution in [2.45, 2.75) is 25.8 Å². The average Bonchev–Trinajstić information content (AvgIpc) is 2.29. The van der Waals surface area contributed by atoms with Gasteiger partial charge in [0.05, 0.1) is 5.75 Å². The van der Waals surface area contributed by atoms with Crippen LogP contribution in [-0.2, 0) is 9.84 Å². The third-order valence-corrected chi connectivity index (χ3v) is 4.50. The predicted octanol–water partition coefficient (Wildman–Crippen LogP) is 2.04. The van der Waals surface area contributed by atoms with Gasteiger partial charge in [0.15, 0.2) is 0 Å². The predicted molar refractivity (Wildman–Crippen MR) is 66.9 cm³/mol. The Bertz CT molecular complexity index is 442. The molecule has 1 unspecified atom stereocenters. The summed E-state index contributed by atoms with van der Waals surface area (Å²) in [5.74, 6) is 0.0338. The topological polar surface area (TPSA) is 60.2 Å². The summed E-state index contributed by atoms with van der Waals surface area (Å²) in [5.41, 5.74) is 6.73. The van der Waals surface area contributed by atoms with E-state index in [1.807, 2.05) is 0 Å². The smallest absolute Gasteiger partial charge is 0.150 e. The molecule has 0 heterocycles. The van der Waals surface area contributed by atoms with E-state index in [1.54, 1.807) is 19.1 Å². The van der Waals surface area contributed by atoms with Crippen LogP contribution in [0.1, 0.15) is 31.4 Å². The van der Waals surface area contributed by atoms with Crippen LogP contribution in [0.4, 0.5) is 4.39 Å². The van der Waals surface area contributed by atoms with Gasteiger partial charge in [0, 0.05) is 11.8 Å². The Balaban J connectivity index is 2.45. The molecule has 1 rings (SSSR count). The quantitative estimate of drug-likeness (QED) is 0.850. The molecule has 0 spiro atoms. The Kier molecular flexibility index (Phi) is 5.08. The molecule has 1 aromatic rings. The van der Waals surface area contributed by atoms with Crippen molar-refractivity contribution in [1.82, 2.24) is 0 Å². The molecule has 3 nitrogen and oxygen atoms in total. The summed E-state index contributed by atoms with van der Waals surface area (Å²) in [6.45, 7) is 1.63. The zero-order chi connectivity index (χ0) is 12.9. The van der Waals surface area contributed by atoms with Gasteiger partial charge in [0.25, 0.3) is 0 Å². The Hall–Kier alpha value is -0.940. The molecule has 2 N–H and O–H groups in total. The van der Waals surface area contributed by atoms with Crippen LogP contribution in [0.25, 0.3) is 0 Å². The Morgan fingerprint density at radius 3 is 2.41 bits per heavy atom. The molecule has 0 radical (unpaired) electrons. The standard InChI is InChI=1S/C12H18FNO2S/c1-2-17(15,16)9-3-4-12(14)10-5-7-11(13)8-6-10/h5-8,12H,2-4,9,14H2,1H3. The van der Waals surface area contributed by atoms with E-state index in [9.17, 15) is 12.8 Å². The number of benzene rings is 1. The van der Waals surface area contributed by atoms with E-state index in [2.05, 4.69) is 0 Å². The van der Waals surface area contributed by atoms with Crippen LogP contribution in [0, 0.1) is 5.82 Å². The molecule has 0 amide bonds. The monoisotopic (exact) mass is 259 g/mol. The molecular formula is C12H18FNO2S. The molecule has 96 valence electrons. The van der Waals surface area contributed by atoms with E-state index in [1.165, 1.54) is 12.1 Å². The van der Waals surface area contributed by atoms with Gasteiger partial charge in [-0.1, -0.05) is 19.1 Å². The highest BCUT2D eigenvalue weighted by molar-refractivity contribution is 7.91. The summed E-state index contributed by atoms with van der Waals surface area (Å²) < 4.78 is 35.2. The molecule has 0 aliphatic rings. The summed E-state index contributed by atoms with van der Waals surface area (Å²) in [7, 11) is -2.92. The van der Waals surface area contributed by atoms with Crippen molar-refractivity contribution in [2.75, 3.05) is 11.5 Å². The molecule has 0 aliphatic carbocycles. The highest BCUT2D eigenvalue weighted by Crippen LogP contribution is 2.16. The number of nitrogens with two attached hydrogens (primary N) is 1. The van der Waals surface area contributed by atoms with Crippen molar-refractivity contribution in [3.05, 3.63) is 35.6 Å². The van der Waals surface area contributed by atoms with Crippen LogP contribution in [0.5, 0.6) is 0 Å². The first-order chi connectivity index (χ1) is 7.94. The lowest BCUT2D eigenvalue weighted by Gasteiger charge is -2.11. The molecule has 0 bridgehead atoms. The van der Waals surface area contributed by atoms with Crippen molar-refractivity contribution in [2.24, 2.45) is 5.73 Å². The summed E-state index contributed by atoms with van der Waals surface area (Å²) in [5, 5.41) is 0. The van der Waals surface area contributed by atoms with Gasteiger partial charge in [-0.15, -0.1) is 0 Å². The molecule has 5 heteroatoms. The fourth-order valence-corrected chi connectivity index (χ4v) is 2.44. The van der Waals surface area contributed by atoms with Crippen LogP contribution in [0.15, 0.2) is 24.3 Å². The van der Waals surface area contributed by atoms with E-state index in [-0.39, 0.29) is 23.4 Å². The summed E-state index contributed by atoms with van der Waals surface area (Å²) in [6, 6.07) is 5.75. The first-order valence-corrected chi connectivity index (χ1v) is 7.48. The Labute approximate surface area is 102 Å². The normalized spacial score (nSPS) is 13.6. The van der Waals surface area contributed by atoms with E-state index in [4.69, 9.17) is 5.73 Å². The van der Waals surface area contributed by atoms with Crippen LogP contribution in [0.3, 0.4) is 0 Å². The second-order valence-electron chi connectivity index (χ2n) is 4.04. The van der Waals surface area contributed by atoms with Crippen LogP contribution >= 0.6 is 0 Å². The third kappa shape index (κ3) is 4.83. The van der Waals surface area contributed by atoms with Gasteiger partial charge < -0.3 is 5.73 Å². The van der Waals surface area contributed by atoms with Crippen LogP contribution < -0.4 is 5.73 Å². The average molecular weight is 259 g/mol. The largest absolute Gasteiger partial charge is 0.324 e. The second kappa shape index (κ2) is 6.12. The minimum atomic E-state index is -2.92. The maximum atomic E-state index is 12.7. The van der Waals surface area contributed by atoms with Crippen molar-refractivity contribution in [1.29, 1.82) is 0 Å². The van der Waals surface area contributed by atoms with Gasteiger partial charge in [0.2, 0.25) is 0 Å². The lowest BCUT2D eigenvalue weighted by molar-refractivity contribution is 0.583. The zero-order valence-corrected chi connectivity index (χ0v) is 10.7.